The number of primary amides is 1. The molecule has 0 saturated carbocycles. The van der Waals surface area contributed by atoms with Gasteiger partial charge in [0.1, 0.15) is 48.3 Å². The number of guanidine groups is 1. The first-order chi connectivity index (χ1) is 31.5. The lowest BCUT2D eigenvalue weighted by atomic mass is 9.96. The Kier molecular flexibility index (Phi) is 24.3. The zero-order valence-corrected chi connectivity index (χ0v) is 40.8. The molecule has 1 fully saturated rings. The van der Waals surface area contributed by atoms with Crippen molar-refractivity contribution in [1.82, 2.24) is 42.1 Å². The molecule has 2 rings (SSSR count). The molecule has 23 heteroatoms. The molecule has 1 aromatic heterocycles. The Labute approximate surface area is 396 Å². The lowest BCUT2D eigenvalue weighted by Gasteiger charge is -2.32. The normalized spacial score (nSPS) is 17.5. The summed E-state index contributed by atoms with van der Waals surface area (Å²) in [4.78, 5) is 127. The van der Waals surface area contributed by atoms with Gasteiger partial charge in [0.05, 0.1) is 6.10 Å². The van der Waals surface area contributed by atoms with Crippen LogP contribution >= 0.6 is 11.3 Å². The number of aliphatic hydroxyl groups is 1. The van der Waals surface area contributed by atoms with Gasteiger partial charge in [0.25, 0.3) is 0 Å². The van der Waals surface area contributed by atoms with Crippen LogP contribution in [0.2, 0.25) is 0 Å². The maximum Gasteiger partial charge on any atom is 0.245 e. The molecule has 14 N–H and O–H groups in total. The number of nitrogens with two attached hydrogens (primary N) is 3. The van der Waals surface area contributed by atoms with Gasteiger partial charge < -0.3 is 64.4 Å². The number of hydrogen-bond acceptors (Lipinski definition) is 12. The number of nitrogens with one attached hydrogen (secondary N) is 7. The fourth-order valence-electron chi connectivity index (χ4n) is 7.40. The van der Waals surface area contributed by atoms with Gasteiger partial charge in [-0.15, -0.1) is 11.3 Å². The van der Waals surface area contributed by atoms with E-state index in [-0.39, 0.29) is 57.1 Å². The molecule has 1 saturated heterocycles. The van der Waals surface area contributed by atoms with Gasteiger partial charge in [-0.1, -0.05) is 53.5 Å². The molecule has 0 bridgehead atoms. The molecule has 0 aliphatic carbocycles. The predicted molar refractivity (Wildman–Crippen MR) is 252 cm³/mol. The van der Waals surface area contributed by atoms with Crippen LogP contribution in [0.4, 0.5) is 0 Å². The van der Waals surface area contributed by atoms with Crippen molar-refractivity contribution in [3.8, 4) is 0 Å². The predicted octanol–water partition coefficient (Wildman–Crippen LogP) is -1.47. The molecule has 1 aliphatic heterocycles. The quantitative estimate of drug-likeness (QED) is 0.0261. The van der Waals surface area contributed by atoms with Gasteiger partial charge in [0, 0.05) is 31.3 Å². The molecular weight excluding hydrogens is 889 g/mol. The summed E-state index contributed by atoms with van der Waals surface area (Å²) in [5.41, 5.74) is 16.3. The van der Waals surface area contributed by atoms with Crippen LogP contribution in [0.5, 0.6) is 0 Å². The summed E-state index contributed by atoms with van der Waals surface area (Å²) < 4.78 is 0. The molecule has 67 heavy (non-hydrogen) atoms. The number of aliphatic hydroxyl groups excluding tert-OH is 1. The van der Waals surface area contributed by atoms with Gasteiger partial charge in [-0.05, 0) is 75.7 Å². The lowest BCUT2D eigenvalue weighted by Crippen LogP contribution is -2.62. The van der Waals surface area contributed by atoms with Gasteiger partial charge in [-0.2, -0.15) is 0 Å². The third-order valence-corrected chi connectivity index (χ3v) is 12.2. The standard InChI is InChI=1S/C44H74N12O10S/c1-9-14-29(51-42(65)35(26(7)57)55-39(62)31(21-23(3)4)53-38(61)32(50-27(8)58)22-28-15-13-20-67-28)37(60)54-34(24(5)10-2)41(64)52-30(16-11-18-48-44(46)47)43(66)56-19-12-17-33(56)40(63)49-25(6)36(45)59/h13,15,20,23-26,29-35,57H,9-12,14,16-19,21-22H2,1-8H3,(H2,45,59)(H,49,63)(H,50,58)(H,51,65)(H,52,64)(H,53,61)(H,54,60)(H,55,62)(H4,46,47,48)/t24-,25-,26+,29-,30-,31+,32-,33-,34-,35-/m0/s1. The van der Waals surface area contributed by atoms with Crippen molar-refractivity contribution >= 4 is 70.5 Å². The Balaban J connectivity index is 2.32. The number of amides is 9. The maximum absolute atomic E-state index is 14.2. The van der Waals surface area contributed by atoms with E-state index < -0.39 is 114 Å². The zero-order valence-electron chi connectivity index (χ0n) is 40.0. The second-order valence-corrected chi connectivity index (χ2v) is 18.5. The Morgan fingerprint density at radius 3 is 1.93 bits per heavy atom. The van der Waals surface area contributed by atoms with Gasteiger partial charge >= 0.3 is 0 Å². The fraction of sp³-hybridized carbons (Fsp3) is 0.682. The second-order valence-electron chi connectivity index (χ2n) is 17.5. The summed E-state index contributed by atoms with van der Waals surface area (Å²) in [7, 11) is 0. The molecule has 1 aliphatic rings. The second kappa shape index (κ2) is 28.4. The number of thiophene rings is 1. The van der Waals surface area contributed by atoms with Gasteiger partial charge in [-0.3, -0.25) is 48.1 Å². The van der Waals surface area contributed by atoms with Crippen LogP contribution in [0.3, 0.4) is 0 Å². The SMILES string of the molecule is CCC[C@H](NC(=O)[C@@H](NC(=O)[C@@H](CC(C)C)NC(=O)[C@H](Cc1cccs1)NC(C)=O)[C@@H](C)O)C(=O)N[C@H](C(=O)N[C@@H](CCCN=C(N)N)C(=O)N1CCC[C@H]1C(=O)N[C@@H](C)C(N)=O)[C@@H](C)CC. The maximum atomic E-state index is 14.2. The molecule has 0 radical (unpaired) electrons. The van der Waals surface area contributed by atoms with Crippen LogP contribution in [-0.2, 0) is 49.6 Å². The summed E-state index contributed by atoms with van der Waals surface area (Å²) in [5, 5.41) is 31.1. The first kappa shape index (κ1) is 57.3. The van der Waals surface area contributed by atoms with E-state index in [0.29, 0.717) is 25.7 Å². The minimum Gasteiger partial charge on any atom is -0.391 e. The first-order valence-electron chi connectivity index (χ1n) is 23.0. The van der Waals surface area contributed by atoms with Crippen LogP contribution in [0, 0.1) is 11.8 Å². The molecule has 2 heterocycles. The number of carbonyl (C=O) groups is 9. The lowest BCUT2D eigenvalue weighted by molar-refractivity contribution is -0.142. The number of hydrogen-bond donors (Lipinski definition) is 11. The number of rotatable bonds is 28. The van der Waals surface area contributed by atoms with Crippen molar-refractivity contribution in [1.29, 1.82) is 0 Å². The van der Waals surface area contributed by atoms with Crippen molar-refractivity contribution in [3.63, 3.8) is 0 Å². The van der Waals surface area contributed by atoms with Crippen molar-refractivity contribution in [3.05, 3.63) is 22.4 Å². The highest BCUT2D eigenvalue weighted by Crippen LogP contribution is 2.21. The smallest absolute Gasteiger partial charge is 0.245 e. The van der Waals surface area contributed by atoms with Gasteiger partial charge in [0.2, 0.25) is 53.2 Å². The monoisotopic (exact) mass is 963 g/mol. The Hall–Kier alpha value is -5.84. The van der Waals surface area contributed by atoms with E-state index in [4.69, 9.17) is 17.2 Å². The fourth-order valence-corrected chi connectivity index (χ4v) is 8.15. The van der Waals surface area contributed by atoms with Crippen LogP contribution < -0.4 is 54.4 Å². The van der Waals surface area contributed by atoms with Crippen molar-refractivity contribution < 1.29 is 48.3 Å². The van der Waals surface area contributed by atoms with Crippen LogP contribution in [0.15, 0.2) is 22.5 Å². The van der Waals surface area contributed by atoms with Gasteiger partial charge in [-0.25, -0.2) is 0 Å². The third-order valence-electron chi connectivity index (χ3n) is 11.3. The first-order valence-corrected chi connectivity index (χ1v) is 23.8. The Morgan fingerprint density at radius 2 is 1.37 bits per heavy atom. The van der Waals surface area contributed by atoms with E-state index in [1.54, 1.807) is 20.8 Å². The number of aliphatic imine (C=N–C) groups is 1. The van der Waals surface area contributed by atoms with E-state index in [1.165, 1.54) is 37.0 Å². The minimum atomic E-state index is -1.58. The van der Waals surface area contributed by atoms with Crippen LogP contribution in [-0.4, -0.2) is 137 Å². The molecule has 22 nitrogen and oxygen atoms in total. The molecule has 10 atom stereocenters. The molecule has 0 aromatic carbocycles. The molecular formula is C44H74N12O10S. The summed E-state index contributed by atoms with van der Waals surface area (Å²) >= 11 is 1.40. The van der Waals surface area contributed by atoms with E-state index in [1.807, 2.05) is 31.4 Å². The van der Waals surface area contributed by atoms with E-state index in [9.17, 15) is 48.3 Å². The van der Waals surface area contributed by atoms with E-state index in [2.05, 4.69) is 42.2 Å². The Morgan fingerprint density at radius 1 is 0.776 bits per heavy atom. The molecule has 1 aromatic rings. The summed E-state index contributed by atoms with van der Waals surface area (Å²) in [6.45, 7) is 13.2. The van der Waals surface area contributed by atoms with Crippen molar-refractivity contribution in [2.75, 3.05) is 13.1 Å². The summed E-state index contributed by atoms with van der Waals surface area (Å²) in [6, 6.07) is -5.71. The largest absolute Gasteiger partial charge is 0.391 e. The van der Waals surface area contributed by atoms with Crippen molar-refractivity contribution in [2.45, 2.75) is 168 Å². The molecule has 0 unspecified atom stereocenters. The highest BCUT2D eigenvalue weighted by Gasteiger charge is 2.40. The molecule has 9 amide bonds. The zero-order chi connectivity index (χ0) is 50.5. The molecule has 376 valence electrons. The number of carbonyl (C=O) groups excluding carboxylic acids is 9. The van der Waals surface area contributed by atoms with Crippen molar-refractivity contribution in [2.24, 2.45) is 34.0 Å². The third kappa shape index (κ3) is 19.1. The van der Waals surface area contributed by atoms with Crippen LogP contribution in [0.1, 0.15) is 112 Å². The number of likely N-dealkylation sites (tertiary alicyclic amines) is 1. The van der Waals surface area contributed by atoms with Crippen LogP contribution in [0.25, 0.3) is 0 Å². The minimum absolute atomic E-state index is 0.0543. The average molecular weight is 963 g/mol. The molecule has 0 spiro atoms. The van der Waals surface area contributed by atoms with E-state index in [0.717, 1.165) is 4.88 Å². The summed E-state index contributed by atoms with van der Waals surface area (Å²) in [5.74, 6) is -6.89. The van der Waals surface area contributed by atoms with E-state index >= 15 is 0 Å². The highest BCUT2D eigenvalue weighted by atomic mass is 32.1. The Bertz CT molecular complexity index is 1880. The summed E-state index contributed by atoms with van der Waals surface area (Å²) in [6.07, 6.45) is 0.826. The number of nitrogens with zero attached hydrogens (tertiary/aromatic N) is 2. The average Bonchev–Trinajstić information content (AvgIpc) is 3.97. The van der Waals surface area contributed by atoms with Gasteiger partial charge in [0.15, 0.2) is 5.96 Å². The highest BCUT2D eigenvalue weighted by molar-refractivity contribution is 7.09. The topological polar surface area (TPSA) is 352 Å².